The largest absolute Gasteiger partial charge is 0.256 e. The Labute approximate surface area is 111 Å². The van der Waals surface area contributed by atoms with Crippen molar-refractivity contribution in [2.24, 2.45) is 4.99 Å². The van der Waals surface area contributed by atoms with E-state index < -0.39 is 0 Å². The number of benzene rings is 2. The molecule has 0 fully saturated rings. The summed E-state index contributed by atoms with van der Waals surface area (Å²) in [5.41, 5.74) is 2.84. The van der Waals surface area contributed by atoms with Gasteiger partial charge in [-0.2, -0.15) is 0 Å². The van der Waals surface area contributed by atoms with Crippen molar-refractivity contribution in [2.45, 2.75) is 6.92 Å². The van der Waals surface area contributed by atoms with Gasteiger partial charge in [-0.25, -0.2) is 0 Å². The molecule has 1 nitrogen and oxygen atoms in total. The van der Waals surface area contributed by atoms with Gasteiger partial charge in [0.25, 0.3) is 0 Å². The van der Waals surface area contributed by atoms with E-state index in [0.717, 1.165) is 11.3 Å². The molecule has 2 aromatic carbocycles. The third kappa shape index (κ3) is 3.09. The second kappa shape index (κ2) is 5.35. The molecule has 0 aliphatic rings. The van der Waals surface area contributed by atoms with Gasteiger partial charge in [0, 0.05) is 11.8 Å². The summed E-state index contributed by atoms with van der Waals surface area (Å²) in [5.74, 6) is 0. The molecule has 17 heavy (non-hydrogen) atoms. The van der Waals surface area contributed by atoms with Crippen LogP contribution in [-0.4, -0.2) is 6.21 Å². The molecule has 0 radical (unpaired) electrons. The van der Waals surface area contributed by atoms with Crippen molar-refractivity contribution < 1.29 is 0 Å². The fourth-order valence-electron chi connectivity index (χ4n) is 1.40. The fourth-order valence-corrected chi connectivity index (χ4v) is 1.90. The quantitative estimate of drug-likeness (QED) is 0.673. The predicted molar refractivity (Wildman–Crippen MR) is 74.9 cm³/mol. The van der Waals surface area contributed by atoms with Gasteiger partial charge in [-0.3, -0.25) is 4.99 Å². The first-order chi connectivity index (χ1) is 8.16. The summed E-state index contributed by atoms with van der Waals surface area (Å²) in [5, 5.41) is 1.21. The summed E-state index contributed by atoms with van der Waals surface area (Å²) < 4.78 is 0. The molecule has 86 valence electrons. The lowest BCUT2D eigenvalue weighted by Gasteiger charge is -2.00. The minimum absolute atomic E-state index is 0.605. The van der Waals surface area contributed by atoms with Gasteiger partial charge in [-0.05, 0) is 31.2 Å². The maximum Gasteiger partial charge on any atom is 0.0630 e. The van der Waals surface area contributed by atoms with Gasteiger partial charge in [0.05, 0.1) is 15.7 Å². The van der Waals surface area contributed by atoms with E-state index in [1.54, 1.807) is 18.3 Å². The topological polar surface area (TPSA) is 12.4 Å². The molecule has 0 unspecified atom stereocenters. The lowest BCUT2D eigenvalue weighted by molar-refractivity contribution is 1.44. The van der Waals surface area contributed by atoms with Crippen molar-refractivity contribution in [1.82, 2.24) is 0 Å². The highest BCUT2D eigenvalue weighted by atomic mass is 35.5. The van der Waals surface area contributed by atoms with Crippen LogP contribution in [0.4, 0.5) is 5.69 Å². The molecule has 0 bridgehead atoms. The molecular formula is C14H11Cl2N. The van der Waals surface area contributed by atoms with E-state index in [1.165, 1.54) is 5.56 Å². The van der Waals surface area contributed by atoms with Crippen LogP contribution >= 0.6 is 23.2 Å². The summed E-state index contributed by atoms with van der Waals surface area (Å²) in [6.45, 7) is 2.04. The number of hydrogen-bond donors (Lipinski definition) is 0. The van der Waals surface area contributed by atoms with E-state index in [2.05, 4.69) is 4.99 Å². The molecule has 2 aromatic rings. The lowest BCUT2D eigenvalue weighted by atomic mass is 10.2. The van der Waals surface area contributed by atoms with Gasteiger partial charge in [0.1, 0.15) is 0 Å². The smallest absolute Gasteiger partial charge is 0.0630 e. The van der Waals surface area contributed by atoms with Gasteiger partial charge in [0.2, 0.25) is 0 Å². The molecule has 0 heterocycles. The van der Waals surface area contributed by atoms with E-state index in [0.29, 0.717) is 10.0 Å². The zero-order valence-electron chi connectivity index (χ0n) is 9.32. The van der Waals surface area contributed by atoms with Crippen LogP contribution in [0.5, 0.6) is 0 Å². The Morgan fingerprint density at radius 2 is 1.53 bits per heavy atom. The highest BCUT2D eigenvalue weighted by Crippen LogP contribution is 2.23. The van der Waals surface area contributed by atoms with Crippen LogP contribution in [0.2, 0.25) is 10.0 Å². The number of hydrogen-bond acceptors (Lipinski definition) is 1. The Morgan fingerprint density at radius 3 is 2.12 bits per heavy atom. The van der Waals surface area contributed by atoms with Crippen LogP contribution in [0.3, 0.4) is 0 Å². The Balaban J connectivity index is 2.29. The van der Waals surface area contributed by atoms with E-state index in [-0.39, 0.29) is 0 Å². The van der Waals surface area contributed by atoms with Gasteiger partial charge in [-0.1, -0.05) is 47.0 Å². The highest BCUT2D eigenvalue weighted by Gasteiger charge is 2.01. The van der Waals surface area contributed by atoms with Crippen LogP contribution in [0.25, 0.3) is 0 Å². The summed E-state index contributed by atoms with van der Waals surface area (Å²) in [7, 11) is 0. The second-order valence-corrected chi connectivity index (χ2v) is 4.54. The van der Waals surface area contributed by atoms with Gasteiger partial charge in [-0.15, -0.1) is 0 Å². The average Bonchev–Trinajstić information content (AvgIpc) is 2.31. The number of halogens is 2. The molecule has 0 saturated heterocycles. The fraction of sp³-hybridized carbons (Fsp3) is 0.0714. The second-order valence-electron chi connectivity index (χ2n) is 3.73. The minimum Gasteiger partial charge on any atom is -0.256 e. The molecule has 0 atom stereocenters. The molecular weight excluding hydrogens is 253 g/mol. The zero-order valence-corrected chi connectivity index (χ0v) is 10.8. The molecule has 0 aliphatic carbocycles. The van der Waals surface area contributed by atoms with Crippen LogP contribution in [0.15, 0.2) is 47.5 Å². The maximum absolute atomic E-state index is 6.05. The van der Waals surface area contributed by atoms with Crippen molar-refractivity contribution in [2.75, 3.05) is 0 Å². The molecule has 0 aromatic heterocycles. The highest BCUT2D eigenvalue weighted by molar-refractivity contribution is 6.38. The average molecular weight is 264 g/mol. The molecule has 0 N–H and O–H groups in total. The number of nitrogens with zero attached hydrogens (tertiary/aromatic N) is 1. The first-order valence-corrected chi connectivity index (χ1v) is 5.97. The number of rotatable bonds is 2. The van der Waals surface area contributed by atoms with Gasteiger partial charge in [0.15, 0.2) is 0 Å². The van der Waals surface area contributed by atoms with Crippen molar-refractivity contribution in [1.29, 1.82) is 0 Å². The van der Waals surface area contributed by atoms with Crippen molar-refractivity contribution in [3.63, 3.8) is 0 Å². The van der Waals surface area contributed by atoms with E-state index in [1.807, 2.05) is 37.3 Å². The summed E-state index contributed by atoms with van der Waals surface area (Å²) in [6.07, 6.45) is 1.69. The van der Waals surface area contributed by atoms with Gasteiger partial charge < -0.3 is 0 Å². The Morgan fingerprint density at radius 1 is 0.941 bits per heavy atom. The first kappa shape index (κ1) is 12.2. The SMILES string of the molecule is Cc1ccc(N=Cc2c(Cl)cccc2Cl)cc1. The minimum atomic E-state index is 0.605. The zero-order chi connectivity index (χ0) is 12.3. The van der Waals surface area contributed by atoms with E-state index in [9.17, 15) is 0 Å². The Hall–Kier alpha value is -1.31. The lowest BCUT2D eigenvalue weighted by Crippen LogP contribution is -1.84. The molecule has 0 spiro atoms. The third-order valence-corrected chi connectivity index (χ3v) is 3.04. The first-order valence-electron chi connectivity index (χ1n) is 5.21. The Kier molecular flexibility index (Phi) is 3.82. The van der Waals surface area contributed by atoms with Crippen LogP contribution < -0.4 is 0 Å². The standard InChI is InChI=1S/C14H11Cl2N/c1-10-5-7-11(8-6-10)17-9-12-13(15)3-2-4-14(12)16/h2-9H,1H3. The van der Waals surface area contributed by atoms with Crippen molar-refractivity contribution in [3.05, 3.63) is 63.6 Å². The molecule has 2 rings (SSSR count). The maximum atomic E-state index is 6.05. The Bertz CT molecular complexity index is 524. The van der Waals surface area contributed by atoms with E-state index in [4.69, 9.17) is 23.2 Å². The molecule has 0 amide bonds. The number of aliphatic imine (C=N–C) groups is 1. The van der Waals surface area contributed by atoms with Crippen LogP contribution in [-0.2, 0) is 0 Å². The summed E-state index contributed by atoms with van der Waals surface area (Å²) in [4.78, 5) is 4.35. The summed E-state index contributed by atoms with van der Waals surface area (Å²) >= 11 is 12.1. The monoisotopic (exact) mass is 263 g/mol. The summed E-state index contributed by atoms with van der Waals surface area (Å²) in [6, 6.07) is 13.3. The van der Waals surface area contributed by atoms with Crippen molar-refractivity contribution >= 4 is 35.1 Å². The normalized spacial score (nSPS) is 11.0. The number of aryl methyl sites for hydroxylation is 1. The molecule has 0 aliphatic heterocycles. The van der Waals surface area contributed by atoms with E-state index >= 15 is 0 Å². The molecule has 0 saturated carbocycles. The van der Waals surface area contributed by atoms with Crippen LogP contribution in [0.1, 0.15) is 11.1 Å². The predicted octanol–water partition coefficient (Wildman–Crippen LogP) is 5.05. The molecule has 3 heteroatoms. The van der Waals surface area contributed by atoms with Crippen molar-refractivity contribution in [3.8, 4) is 0 Å². The third-order valence-electron chi connectivity index (χ3n) is 2.38. The van der Waals surface area contributed by atoms with Gasteiger partial charge >= 0.3 is 0 Å². The van der Waals surface area contributed by atoms with Crippen LogP contribution in [0, 0.1) is 6.92 Å².